The highest BCUT2D eigenvalue weighted by atomic mass is 16.5. The fourth-order valence-corrected chi connectivity index (χ4v) is 3.03. The first kappa shape index (κ1) is 26.3. The van der Waals surface area contributed by atoms with Crippen molar-refractivity contribution in [1.29, 1.82) is 5.26 Å². The van der Waals surface area contributed by atoms with Crippen LogP contribution in [-0.2, 0) is 20.7 Å². The zero-order chi connectivity index (χ0) is 24.9. The van der Waals surface area contributed by atoms with Gasteiger partial charge < -0.3 is 24.4 Å². The fraction of sp³-hybridized carbons (Fsp3) is 0.346. The molecule has 0 unspecified atom stereocenters. The van der Waals surface area contributed by atoms with Gasteiger partial charge >= 0.3 is 5.97 Å². The Hall–Kier alpha value is -3.99. The number of nitrogens with zero attached hydrogens (tertiary/aromatic N) is 2. The summed E-state index contributed by atoms with van der Waals surface area (Å²) in [6.45, 7) is 4.76. The number of benzene rings is 2. The molecular weight excluding hydrogens is 434 g/mol. The van der Waals surface area contributed by atoms with Gasteiger partial charge in [-0.1, -0.05) is 18.2 Å². The Balaban J connectivity index is 1.84. The Morgan fingerprint density at radius 1 is 1.03 bits per heavy atom. The number of nitriles is 1. The van der Waals surface area contributed by atoms with E-state index in [0.717, 1.165) is 11.3 Å². The molecule has 0 bridgehead atoms. The van der Waals surface area contributed by atoms with Crippen molar-refractivity contribution in [3.05, 3.63) is 59.2 Å². The first-order valence-electron chi connectivity index (χ1n) is 11.1. The molecule has 8 nitrogen and oxygen atoms in total. The molecule has 8 heteroatoms. The van der Waals surface area contributed by atoms with Crippen LogP contribution in [0.2, 0.25) is 0 Å². The molecule has 2 aromatic carbocycles. The van der Waals surface area contributed by atoms with Gasteiger partial charge in [0.15, 0.2) is 18.1 Å². The van der Waals surface area contributed by atoms with Gasteiger partial charge in [-0.2, -0.15) is 5.26 Å². The number of esters is 1. The lowest BCUT2D eigenvalue weighted by atomic mass is 10.1. The van der Waals surface area contributed by atoms with Crippen molar-refractivity contribution in [2.75, 3.05) is 45.4 Å². The highest BCUT2D eigenvalue weighted by molar-refractivity contribution is 5.98. The van der Waals surface area contributed by atoms with Crippen LogP contribution in [0.3, 0.4) is 0 Å². The molecule has 0 aromatic heterocycles. The Kier molecular flexibility index (Phi) is 10.5. The van der Waals surface area contributed by atoms with Crippen molar-refractivity contribution in [3.63, 3.8) is 0 Å². The van der Waals surface area contributed by atoms with Crippen molar-refractivity contribution in [3.8, 4) is 17.6 Å². The Morgan fingerprint density at radius 3 is 2.32 bits per heavy atom. The van der Waals surface area contributed by atoms with Crippen LogP contribution in [0, 0.1) is 11.3 Å². The Labute approximate surface area is 200 Å². The molecule has 1 N–H and O–H groups in total. The number of amides is 1. The molecule has 0 atom stereocenters. The molecule has 1 amide bonds. The van der Waals surface area contributed by atoms with Crippen LogP contribution in [-0.4, -0.2) is 52.3 Å². The second-order valence-electron chi connectivity index (χ2n) is 7.48. The van der Waals surface area contributed by atoms with Gasteiger partial charge in [-0.3, -0.25) is 4.79 Å². The second kappa shape index (κ2) is 13.5. The van der Waals surface area contributed by atoms with Crippen molar-refractivity contribution in [2.24, 2.45) is 0 Å². The summed E-state index contributed by atoms with van der Waals surface area (Å²) in [6.07, 6.45) is 2.00. The van der Waals surface area contributed by atoms with E-state index in [2.05, 4.69) is 5.32 Å². The van der Waals surface area contributed by atoms with Gasteiger partial charge in [-0.25, -0.2) is 4.79 Å². The summed E-state index contributed by atoms with van der Waals surface area (Å²) < 4.78 is 16.2. The average molecular weight is 466 g/mol. The number of nitrogens with one attached hydrogen (secondary N) is 1. The van der Waals surface area contributed by atoms with Crippen molar-refractivity contribution >= 4 is 23.6 Å². The van der Waals surface area contributed by atoms with E-state index in [0.29, 0.717) is 43.2 Å². The largest absolute Gasteiger partial charge is 0.490 e. The van der Waals surface area contributed by atoms with Crippen LogP contribution in [0.5, 0.6) is 11.5 Å². The van der Waals surface area contributed by atoms with Crippen molar-refractivity contribution in [1.82, 2.24) is 5.32 Å². The lowest BCUT2D eigenvalue weighted by Gasteiger charge is -2.12. The summed E-state index contributed by atoms with van der Waals surface area (Å²) in [5, 5.41) is 12.0. The molecule has 180 valence electrons. The standard InChI is InChI=1S/C26H31N3O5/c1-5-32-23-12-9-20(16-24(23)33-6-2)13-14-28-25(30)18-34-26(31)21(17-27)15-19-7-10-22(11-8-19)29(3)4/h7-12,15-16H,5-6,13-14,18H2,1-4H3,(H,28,30)/b21-15+. The number of hydrogen-bond acceptors (Lipinski definition) is 7. The van der Waals surface area contributed by atoms with E-state index in [1.54, 1.807) is 12.1 Å². The average Bonchev–Trinajstić information content (AvgIpc) is 2.83. The number of carbonyl (C=O) groups is 2. The molecule has 0 heterocycles. The van der Waals surface area contributed by atoms with E-state index < -0.39 is 18.5 Å². The lowest BCUT2D eigenvalue weighted by molar-refractivity contribution is -0.144. The molecule has 0 spiro atoms. The Bertz CT molecular complexity index is 1040. The third kappa shape index (κ3) is 8.17. The maximum absolute atomic E-state index is 12.2. The van der Waals surface area contributed by atoms with Crippen LogP contribution >= 0.6 is 0 Å². The van der Waals surface area contributed by atoms with E-state index >= 15 is 0 Å². The van der Waals surface area contributed by atoms with Gasteiger partial charge in [-0.05, 0) is 61.7 Å². The highest BCUT2D eigenvalue weighted by Crippen LogP contribution is 2.28. The third-order valence-electron chi connectivity index (χ3n) is 4.74. The first-order chi connectivity index (χ1) is 16.4. The molecule has 0 aliphatic rings. The number of ether oxygens (including phenoxy) is 3. The summed E-state index contributed by atoms with van der Waals surface area (Å²) in [5.41, 5.74) is 2.47. The summed E-state index contributed by atoms with van der Waals surface area (Å²) in [6, 6.07) is 14.8. The molecule has 0 radical (unpaired) electrons. The summed E-state index contributed by atoms with van der Waals surface area (Å²) in [4.78, 5) is 26.2. The van der Waals surface area contributed by atoms with Crippen molar-refractivity contribution < 1.29 is 23.8 Å². The van der Waals surface area contributed by atoms with E-state index in [9.17, 15) is 14.9 Å². The molecule has 0 fully saturated rings. The monoisotopic (exact) mass is 465 g/mol. The predicted molar refractivity (Wildman–Crippen MR) is 131 cm³/mol. The minimum absolute atomic E-state index is 0.178. The quantitative estimate of drug-likeness (QED) is 0.291. The topological polar surface area (TPSA) is 101 Å². The van der Waals surface area contributed by atoms with Crippen LogP contribution in [0.4, 0.5) is 5.69 Å². The Morgan fingerprint density at radius 2 is 1.71 bits per heavy atom. The maximum atomic E-state index is 12.2. The molecular formula is C26H31N3O5. The van der Waals surface area contributed by atoms with E-state index in [1.165, 1.54) is 6.08 Å². The normalized spacial score (nSPS) is 10.7. The lowest BCUT2D eigenvalue weighted by Crippen LogP contribution is -2.30. The van der Waals surface area contributed by atoms with E-state index in [1.807, 2.05) is 69.2 Å². The number of carbonyl (C=O) groups excluding carboxylic acids is 2. The molecule has 0 saturated carbocycles. The van der Waals surface area contributed by atoms with Crippen LogP contribution in [0.25, 0.3) is 6.08 Å². The number of anilines is 1. The third-order valence-corrected chi connectivity index (χ3v) is 4.74. The van der Waals surface area contributed by atoms with Gasteiger partial charge in [0, 0.05) is 26.3 Å². The predicted octanol–water partition coefficient (Wildman–Crippen LogP) is 3.36. The van der Waals surface area contributed by atoms with E-state index in [4.69, 9.17) is 14.2 Å². The molecule has 0 aliphatic heterocycles. The van der Waals surface area contributed by atoms with Gasteiger partial charge in [0.25, 0.3) is 5.91 Å². The van der Waals surface area contributed by atoms with Crippen LogP contribution in [0.15, 0.2) is 48.0 Å². The van der Waals surface area contributed by atoms with Gasteiger partial charge in [0.2, 0.25) is 0 Å². The molecule has 2 aromatic rings. The van der Waals surface area contributed by atoms with Crippen LogP contribution in [0.1, 0.15) is 25.0 Å². The minimum Gasteiger partial charge on any atom is -0.490 e. The number of rotatable bonds is 12. The number of hydrogen-bond donors (Lipinski definition) is 1. The highest BCUT2D eigenvalue weighted by Gasteiger charge is 2.13. The minimum atomic E-state index is -0.845. The van der Waals surface area contributed by atoms with E-state index in [-0.39, 0.29) is 5.57 Å². The maximum Gasteiger partial charge on any atom is 0.349 e. The van der Waals surface area contributed by atoms with Gasteiger partial charge in [-0.15, -0.1) is 0 Å². The summed E-state index contributed by atoms with van der Waals surface area (Å²) in [7, 11) is 3.84. The molecule has 2 rings (SSSR count). The first-order valence-corrected chi connectivity index (χ1v) is 11.1. The van der Waals surface area contributed by atoms with Gasteiger partial charge in [0.1, 0.15) is 11.6 Å². The molecule has 0 saturated heterocycles. The zero-order valence-corrected chi connectivity index (χ0v) is 20.1. The molecule has 34 heavy (non-hydrogen) atoms. The van der Waals surface area contributed by atoms with Crippen molar-refractivity contribution in [2.45, 2.75) is 20.3 Å². The smallest absolute Gasteiger partial charge is 0.349 e. The SMILES string of the molecule is CCOc1ccc(CCNC(=O)COC(=O)/C(C#N)=C/c2ccc(N(C)C)cc2)cc1OCC. The fourth-order valence-electron chi connectivity index (χ4n) is 3.03. The second-order valence-corrected chi connectivity index (χ2v) is 7.48. The van der Waals surface area contributed by atoms with Gasteiger partial charge in [0.05, 0.1) is 13.2 Å². The summed E-state index contributed by atoms with van der Waals surface area (Å²) in [5.74, 6) is 0.0486. The molecule has 0 aliphatic carbocycles. The van der Waals surface area contributed by atoms with Crippen LogP contribution < -0.4 is 19.7 Å². The summed E-state index contributed by atoms with van der Waals surface area (Å²) >= 11 is 0. The zero-order valence-electron chi connectivity index (χ0n) is 20.1.